The number of carboxylic acids is 2. The van der Waals surface area contributed by atoms with Crippen LogP contribution in [0.4, 0.5) is 30.7 Å². The molecule has 0 fully saturated rings. The van der Waals surface area contributed by atoms with Gasteiger partial charge in [-0.05, 0) is 29.3 Å². The fourth-order valence-corrected chi connectivity index (χ4v) is 3.98. The number of nitrogens with one attached hydrogen (secondary N) is 1. The van der Waals surface area contributed by atoms with E-state index in [1.165, 1.54) is 12.1 Å². The zero-order chi connectivity index (χ0) is 34.1. The third-order valence-electron chi connectivity index (χ3n) is 6.05. The monoisotopic (exact) mass is 655 g/mol. The fraction of sp³-hybridized carbons (Fsp3) is 0.207. The first-order valence-corrected chi connectivity index (χ1v) is 13.0. The SMILES string of the molecule is O=C(NCc1ccccc1)c1cnn2c1CN(Cc1ccc(F)cc1)Cc1cccnc1-2.O=C(O)C(F)(F)F.O=C(O)C(F)(F)F. The normalized spacial score (nSPS) is 12.6. The molecule has 3 N–H and O–H groups in total. The van der Waals surface area contributed by atoms with Crippen LogP contribution in [-0.4, -0.2) is 60.1 Å². The molecule has 2 aromatic carbocycles. The molecule has 0 unspecified atom stereocenters. The molecule has 0 saturated heterocycles. The lowest BCUT2D eigenvalue weighted by Gasteiger charge is -2.20. The number of aliphatic carboxylic acids is 2. The van der Waals surface area contributed by atoms with Gasteiger partial charge in [-0.1, -0.05) is 48.5 Å². The number of halogens is 7. The Morgan fingerprint density at radius 3 is 1.96 bits per heavy atom. The summed E-state index contributed by atoms with van der Waals surface area (Å²) in [7, 11) is 0. The highest BCUT2D eigenvalue weighted by molar-refractivity contribution is 5.95. The summed E-state index contributed by atoms with van der Waals surface area (Å²) in [6.07, 6.45) is -6.83. The molecule has 1 amide bonds. The second-order valence-electron chi connectivity index (χ2n) is 9.45. The van der Waals surface area contributed by atoms with Gasteiger partial charge in [-0.25, -0.2) is 23.6 Å². The molecular weight excluding hydrogens is 631 g/mol. The zero-order valence-corrected chi connectivity index (χ0v) is 23.4. The predicted octanol–water partition coefficient (Wildman–Crippen LogP) is 5.12. The van der Waals surface area contributed by atoms with E-state index in [1.807, 2.05) is 42.5 Å². The Morgan fingerprint density at radius 2 is 1.39 bits per heavy atom. The molecule has 46 heavy (non-hydrogen) atoms. The predicted molar refractivity (Wildman–Crippen MR) is 146 cm³/mol. The van der Waals surface area contributed by atoms with Crippen molar-refractivity contribution in [1.29, 1.82) is 0 Å². The standard InChI is InChI=1S/C25H22FN5O.2C2HF3O2/c26-21-10-8-19(9-11-21)15-30-16-20-7-4-12-27-24(20)31-23(17-30)22(14-29-31)25(32)28-13-18-5-2-1-3-6-18;2*3-2(4,5)1(6)7/h1-12,14H,13,15-17H2,(H,28,32);2*(H,6,7). The van der Waals surface area contributed by atoms with Crippen molar-refractivity contribution in [1.82, 2.24) is 25.0 Å². The minimum atomic E-state index is -5.08. The molecule has 10 nitrogen and oxygen atoms in total. The maximum absolute atomic E-state index is 13.3. The maximum Gasteiger partial charge on any atom is 0.490 e. The third kappa shape index (κ3) is 10.1. The Kier molecular flexibility index (Phi) is 11.6. The first-order chi connectivity index (χ1) is 21.6. The van der Waals surface area contributed by atoms with Crippen LogP contribution in [0.1, 0.15) is 32.7 Å². The summed E-state index contributed by atoms with van der Waals surface area (Å²) in [4.78, 5) is 37.6. The lowest BCUT2D eigenvalue weighted by molar-refractivity contribution is -0.193. The number of amides is 1. The van der Waals surface area contributed by atoms with Crippen molar-refractivity contribution in [3.05, 3.63) is 113 Å². The molecule has 0 atom stereocenters. The Labute approximate surface area is 255 Å². The van der Waals surface area contributed by atoms with E-state index in [1.54, 1.807) is 29.2 Å². The molecule has 3 heterocycles. The van der Waals surface area contributed by atoms with Crippen LogP contribution in [0.3, 0.4) is 0 Å². The van der Waals surface area contributed by atoms with Crippen LogP contribution in [-0.2, 0) is 35.8 Å². The molecule has 1 aliphatic rings. The number of alkyl halides is 6. The van der Waals surface area contributed by atoms with Gasteiger partial charge < -0.3 is 15.5 Å². The molecule has 0 spiro atoms. The first kappa shape index (κ1) is 35.2. The number of benzene rings is 2. The highest BCUT2D eigenvalue weighted by atomic mass is 19.4. The van der Waals surface area contributed by atoms with Crippen molar-refractivity contribution in [2.24, 2.45) is 0 Å². The first-order valence-electron chi connectivity index (χ1n) is 13.0. The van der Waals surface area contributed by atoms with Crippen LogP contribution in [0.2, 0.25) is 0 Å². The number of rotatable bonds is 5. The van der Waals surface area contributed by atoms with Gasteiger partial charge in [0, 0.05) is 37.9 Å². The van der Waals surface area contributed by atoms with Gasteiger partial charge in [0.05, 0.1) is 17.5 Å². The van der Waals surface area contributed by atoms with Crippen LogP contribution in [0, 0.1) is 5.82 Å². The van der Waals surface area contributed by atoms with Crippen LogP contribution in [0.15, 0.2) is 79.1 Å². The quantitative estimate of drug-likeness (QED) is 0.252. The highest BCUT2D eigenvalue weighted by Gasteiger charge is 2.39. The molecule has 244 valence electrons. The number of aromatic nitrogens is 3. The molecule has 0 aliphatic carbocycles. The van der Waals surface area contributed by atoms with E-state index in [9.17, 15) is 35.5 Å². The summed E-state index contributed by atoms with van der Waals surface area (Å²) in [6, 6.07) is 20.2. The summed E-state index contributed by atoms with van der Waals surface area (Å²) in [5, 5.41) is 21.7. The van der Waals surface area contributed by atoms with Gasteiger partial charge in [-0.2, -0.15) is 31.4 Å². The van der Waals surface area contributed by atoms with Gasteiger partial charge in [0.25, 0.3) is 5.91 Å². The molecule has 17 heteroatoms. The van der Waals surface area contributed by atoms with Crippen molar-refractivity contribution >= 4 is 17.8 Å². The summed E-state index contributed by atoms with van der Waals surface area (Å²) < 4.78 is 78.6. The van der Waals surface area contributed by atoms with Crippen LogP contribution >= 0.6 is 0 Å². The molecule has 4 aromatic rings. The minimum Gasteiger partial charge on any atom is -0.475 e. The lowest BCUT2D eigenvalue weighted by atomic mass is 10.1. The van der Waals surface area contributed by atoms with Gasteiger partial charge in [0.1, 0.15) is 5.82 Å². The molecule has 0 radical (unpaired) electrons. The largest absolute Gasteiger partial charge is 0.490 e. The fourth-order valence-electron chi connectivity index (χ4n) is 3.98. The number of fused-ring (bicyclic) bond motifs is 3. The summed E-state index contributed by atoms with van der Waals surface area (Å²) in [6.45, 7) is 2.22. The number of carbonyl (C=O) groups is 3. The number of hydrogen-bond acceptors (Lipinski definition) is 6. The highest BCUT2D eigenvalue weighted by Crippen LogP contribution is 2.26. The Balaban J connectivity index is 0.000000345. The molecule has 2 aromatic heterocycles. The van der Waals surface area contributed by atoms with Crippen molar-refractivity contribution < 1.29 is 55.3 Å². The van der Waals surface area contributed by atoms with Crippen molar-refractivity contribution in [2.75, 3.05) is 0 Å². The molecular formula is C29H24F7N5O5. The van der Waals surface area contributed by atoms with E-state index in [-0.39, 0.29) is 11.7 Å². The van der Waals surface area contributed by atoms with Crippen LogP contribution < -0.4 is 5.32 Å². The second-order valence-corrected chi connectivity index (χ2v) is 9.45. The molecule has 1 aliphatic heterocycles. The van der Waals surface area contributed by atoms with Crippen molar-refractivity contribution in [3.8, 4) is 5.82 Å². The van der Waals surface area contributed by atoms with E-state index >= 15 is 0 Å². The Hall–Kier alpha value is -5.32. The summed E-state index contributed by atoms with van der Waals surface area (Å²) in [5.74, 6) is -5.21. The molecule has 0 bridgehead atoms. The number of carbonyl (C=O) groups excluding carboxylic acids is 1. The van der Waals surface area contributed by atoms with Crippen molar-refractivity contribution in [2.45, 2.75) is 38.5 Å². The molecule has 0 saturated carbocycles. The number of pyridine rings is 1. The number of carboxylic acid groups (broad SMARTS) is 2. The van der Waals surface area contributed by atoms with E-state index in [0.29, 0.717) is 31.7 Å². The van der Waals surface area contributed by atoms with E-state index < -0.39 is 24.3 Å². The van der Waals surface area contributed by atoms with E-state index in [0.717, 1.165) is 28.2 Å². The third-order valence-corrected chi connectivity index (χ3v) is 6.05. The van der Waals surface area contributed by atoms with Gasteiger partial charge in [0.15, 0.2) is 5.82 Å². The number of hydrogen-bond donors (Lipinski definition) is 3. The summed E-state index contributed by atoms with van der Waals surface area (Å²) >= 11 is 0. The zero-order valence-electron chi connectivity index (χ0n) is 23.4. The topological polar surface area (TPSA) is 138 Å². The summed E-state index contributed by atoms with van der Waals surface area (Å²) in [5.41, 5.74) is 4.37. The average molecular weight is 656 g/mol. The van der Waals surface area contributed by atoms with E-state index in [4.69, 9.17) is 19.8 Å². The lowest BCUT2D eigenvalue weighted by Crippen LogP contribution is -2.26. The van der Waals surface area contributed by atoms with Crippen LogP contribution in [0.25, 0.3) is 5.82 Å². The molecule has 5 rings (SSSR count). The number of nitrogens with zero attached hydrogens (tertiary/aromatic N) is 4. The van der Waals surface area contributed by atoms with Crippen molar-refractivity contribution in [3.63, 3.8) is 0 Å². The van der Waals surface area contributed by atoms with Gasteiger partial charge in [0.2, 0.25) is 0 Å². The van der Waals surface area contributed by atoms with Gasteiger partial charge >= 0.3 is 24.3 Å². The second kappa shape index (κ2) is 15.1. The Morgan fingerprint density at radius 1 is 0.804 bits per heavy atom. The van der Waals surface area contributed by atoms with Gasteiger partial charge in [-0.15, -0.1) is 0 Å². The Bertz CT molecular complexity index is 1620. The average Bonchev–Trinajstić information content (AvgIpc) is 3.34. The minimum absolute atomic E-state index is 0.170. The van der Waals surface area contributed by atoms with Gasteiger partial charge in [-0.3, -0.25) is 9.69 Å². The van der Waals surface area contributed by atoms with Crippen LogP contribution in [0.5, 0.6) is 0 Å². The maximum atomic E-state index is 13.3. The van der Waals surface area contributed by atoms with E-state index in [2.05, 4.69) is 20.3 Å². The smallest absolute Gasteiger partial charge is 0.475 e.